The summed E-state index contributed by atoms with van der Waals surface area (Å²) in [6.07, 6.45) is 2.65. The number of thioether (sulfide) groups is 1. The molecule has 4 aromatic carbocycles. The molecule has 40 heavy (non-hydrogen) atoms. The zero-order chi connectivity index (χ0) is 27.6. The van der Waals surface area contributed by atoms with E-state index in [1.807, 2.05) is 53.2 Å². The summed E-state index contributed by atoms with van der Waals surface area (Å²) in [5, 5.41) is 10.3. The van der Waals surface area contributed by atoms with E-state index < -0.39 is 0 Å². The first-order valence-corrected chi connectivity index (χ1v) is 13.7. The van der Waals surface area contributed by atoms with Crippen molar-refractivity contribution in [2.45, 2.75) is 12.5 Å². The highest BCUT2D eigenvalue weighted by atomic mass is 32.2. The predicted molar refractivity (Wildman–Crippen MR) is 160 cm³/mol. The Morgan fingerprint density at radius 2 is 1.65 bits per heavy atom. The molecule has 1 fully saturated rings. The highest BCUT2D eigenvalue weighted by molar-refractivity contribution is 8.18. The third kappa shape index (κ3) is 4.94. The Labute approximate surface area is 236 Å². The molecule has 0 spiro atoms. The minimum atomic E-state index is -0.149. The molecular formula is C32H28N3O4S+. The van der Waals surface area contributed by atoms with Crippen LogP contribution in [0.15, 0.2) is 94.9 Å². The van der Waals surface area contributed by atoms with Crippen LogP contribution in [0.25, 0.3) is 16.8 Å². The maximum Gasteiger partial charge on any atom is 0.372 e. The third-order valence-corrected chi connectivity index (χ3v) is 7.90. The molecule has 4 aromatic rings. The summed E-state index contributed by atoms with van der Waals surface area (Å²) < 4.78 is 18.2. The maximum atomic E-state index is 12.7. The van der Waals surface area contributed by atoms with Crippen LogP contribution in [0.1, 0.15) is 29.2 Å². The number of carbonyl (C=O) groups is 1. The van der Waals surface area contributed by atoms with Crippen molar-refractivity contribution in [1.29, 1.82) is 0 Å². The number of methoxy groups -OCH3 is 3. The van der Waals surface area contributed by atoms with Crippen LogP contribution in [0, 0.1) is 0 Å². The van der Waals surface area contributed by atoms with Crippen molar-refractivity contribution in [3.63, 3.8) is 0 Å². The number of benzene rings is 4. The maximum absolute atomic E-state index is 12.7. The Hall–Kier alpha value is -4.56. The van der Waals surface area contributed by atoms with Crippen LogP contribution in [-0.2, 0) is 0 Å². The van der Waals surface area contributed by atoms with Crippen molar-refractivity contribution in [1.82, 2.24) is 5.32 Å². The van der Waals surface area contributed by atoms with Gasteiger partial charge in [-0.25, -0.2) is 4.79 Å². The monoisotopic (exact) mass is 550 g/mol. The normalized spacial score (nSPS) is 19.6. The molecule has 2 aliphatic heterocycles. The second kappa shape index (κ2) is 10.9. The van der Waals surface area contributed by atoms with E-state index in [0.717, 1.165) is 50.2 Å². The molecule has 0 aliphatic carbocycles. The minimum Gasteiger partial charge on any atom is -0.497 e. The van der Waals surface area contributed by atoms with Crippen molar-refractivity contribution in [3.8, 4) is 17.2 Å². The molecule has 0 radical (unpaired) electrons. The Kier molecular flexibility index (Phi) is 7.00. The smallest absolute Gasteiger partial charge is 0.372 e. The highest BCUT2D eigenvalue weighted by Gasteiger charge is 2.40. The van der Waals surface area contributed by atoms with E-state index in [1.54, 1.807) is 21.3 Å². The molecule has 200 valence electrons. The van der Waals surface area contributed by atoms with Gasteiger partial charge in [-0.1, -0.05) is 59.7 Å². The lowest BCUT2D eigenvalue weighted by atomic mass is 9.97. The SMILES string of the molecule is COc1ccc([C@H]2CC(c3ccc4ccccc4c3)=N/[N+]2=C2\NC(=O)S\C2=C/c2ccc(OC)c(OC)c2)cc1. The average Bonchev–Trinajstić information content (AvgIpc) is 3.60. The summed E-state index contributed by atoms with van der Waals surface area (Å²) in [7, 11) is 4.87. The first kappa shape index (κ1) is 25.7. The van der Waals surface area contributed by atoms with Gasteiger partial charge >= 0.3 is 11.1 Å². The second-order valence-corrected chi connectivity index (χ2v) is 10.4. The molecule has 7 nitrogen and oxygen atoms in total. The van der Waals surface area contributed by atoms with Crippen LogP contribution < -0.4 is 19.5 Å². The fraction of sp³-hybridized carbons (Fsp3) is 0.156. The van der Waals surface area contributed by atoms with Crippen molar-refractivity contribution < 1.29 is 23.7 Å². The Morgan fingerprint density at radius 3 is 2.40 bits per heavy atom. The van der Waals surface area contributed by atoms with Crippen molar-refractivity contribution in [2.75, 3.05) is 21.3 Å². The van der Waals surface area contributed by atoms with E-state index in [9.17, 15) is 4.79 Å². The van der Waals surface area contributed by atoms with Gasteiger partial charge in [0.05, 0.1) is 27.0 Å². The zero-order valence-corrected chi connectivity index (χ0v) is 23.2. The number of hydrazone groups is 1. The molecule has 6 rings (SSSR count). The number of hydrogen-bond donors (Lipinski definition) is 1. The van der Waals surface area contributed by atoms with Gasteiger partial charge in [0.15, 0.2) is 17.5 Å². The third-order valence-electron chi connectivity index (χ3n) is 7.08. The summed E-state index contributed by atoms with van der Waals surface area (Å²) in [4.78, 5) is 13.5. The van der Waals surface area contributed by atoms with Crippen molar-refractivity contribution in [2.24, 2.45) is 5.10 Å². The topological polar surface area (TPSA) is 72.2 Å². The number of fused-ring (bicyclic) bond motifs is 1. The van der Waals surface area contributed by atoms with Crippen LogP contribution >= 0.6 is 11.8 Å². The molecule has 1 atom stereocenters. The number of carbonyl (C=O) groups excluding carboxylic acids is 1. The largest absolute Gasteiger partial charge is 0.497 e. The van der Waals surface area contributed by atoms with Gasteiger partial charge in [0.2, 0.25) is 0 Å². The molecule has 0 unspecified atom stereocenters. The lowest BCUT2D eigenvalue weighted by Gasteiger charge is -2.12. The number of amides is 1. The van der Waals surface area contributed by atoms with Gasteiger partial charge in [0.25, 0.3) is 0 Å². The number of nitrogens with one attached hydrogen (secondary N) is 1. The van der Waals surface area contributed by atoms with Crippen molar-refractivity contribution >= 4 is 45.4 Å². The van der Waals surface area contributed by atoms with Gasteiger partial charge in [0.1, 0.15) is 10.7 Å². The van der Waals surface area contributed by atoms with Gasteiger partial charge in [-0.2, -0.15) is 5.32 Å². The van der Waals surface area contributed by atoms with Crippen LogP contribution in [0.5, 0.6) is 17.2 Å². The predicted octanol–water partition coefficient (Wildman–Crippen LogP) is 6.62. The van der Waals surface area contributed by atoms with Gasteiger partial charge in [-0.15, -0.1) is 4.68 Å². The molecule has 1 saturated heterocycles. The van der Waals surface area contributed by atoms with Gasteiger partial charge < -0.3 is 14.2 Å². The van der Waals surface area contributed by atoms with Gasteiger partial charge in [0, 0.05) is 23.7 Å². The number of nitrogens with zero attached hydrogens (tertiary/aromatic N) is 2. The molecule has 2 heterocycles. The molecule has 0 aromatic heterocycles. The number of hydrogen-bond acceptors (Lipinski definition) is 6. The lowest BCUT2D eigenvalue weighted by Crippen LogP contribution is -2.29. The Bertz CT molecular complexity index is 1710. The molecule has 1 N–H and O–H groups in total. The molecule has 8 heteroatoms. The zero-order valence-electron chi connectivity index (χ0n) is 22.4. The fourth-order valence-electron chi connectivity index (χ4n) is 5.04. The van der Waals surface area contributed by atoms with E-state index in [0.29, 0.717) is 23.8 Å². The van der Waals surface area contributed by atoms with E-state index in [-0.39, 0.29) is 11.3 Å². The van der Waals surface area contributed by atoms with Crippen LogP contribution in [-0.4, -0.2) is 42.8 Å². The highest BCUT2D eigenvalue weighted by Crippen LogP contribution is 2.36. The minimum absolute atomic E-state index is 0.116. The van der Waals surface area contributed by atoms with Crippen LogP contribution in [0.4, 0.5) is 4.79 Å². The molecule has 0 bridgehead atoms. The number of amidine groups is 1. The molecular weight excluding hydrogens is 522 g/mol. The summed E-state index contributed by atoms with van der Waals surface area (Å²) in [5.74, 6) is 2.71. The summed E-state index contributed by atoms with van der Waals surface area (Å²) in [5.41, 5.74) is 3.97. The summed E-state index contributed by atoms with van der Waals surface area (Å²) in [6.45, 7) is 0. The van der Waals surface area contributed by atoms with Crippen LogP contribution in [0.2, 0.25) is 0 Å². The standard InChI is InChI=1S/C32H27N3O4S/c1-37-25-13-11-22(12-14-25)27-19-26(24-10-9-21-6-4-5-7-23(21)18-24)34-35(27)31-30(40-32(36)33-31)17-20-8-15-28(38-2)29(16-20)39-3/h4-18,27H,19H2,1-3H3/p+1/b30-17-/t27-/m1/s1. The van der Waals surface area contributed by atoms with E-state index >= 15 is 0 Å². The second-order valence-electron chi connectivity index (χ2n) is 9.43. The summed E-state index contributed by atoms with van der Waals surface area (Å²) >= 11 is 1.15. The average molecular weight is 551 g/mol. The molecule has 2 aliphatic rings. The molecule has 1 amide bonds. The van der Waals surface area contributed by atoms with Crippen molar-refractivity contribution in [3.05, 3.63) is 107 Å². The van der Waals surface area contributed by atoms with Gasteiger partial charge in [-0.3, -0.25) is 0 Å². The molecule has 0 saturated carbocycles. The first-order chi connectivity index (χ1) is 19.6. The van der Waals surface area contributed by atoms with E-state index in [1.165, 1.54) is 5.39 Å². The Balaban J connectivity index is 1.47. The fourth-order valence-corrected chi connectivity index (χ4v) is 5.82. The Morgan fingerprint density at radius 1 is 0.875 bits per heavy atom. The summed E-state index contributed by atoms with van der Waals surface area (Å²) in [6, 6.07) is 28.3. The quantitative estimate of drug-likeness (QED) is 0.273. The van der Waals surface area contributed by atoms with Gasteiger partial charge in [-0.05, 0) is 58.3 Å². The lowest BCUT2D eigenvalue weighted by molar-refractivity contribution is -0.568. The van der Waals surface area contributed by atoms with E-state index in [2.05, 4.69) is 47.8 Å². The van der Waals surface area contributed by atoms with E-state index in [4.69, 9.17) is 19.3 Å². The van der Waals surface area contributed by atoms with Crippen LogP contribution in [0.3, 0.4) is 0 Å². The number of ether oxygens (including phenoxy) is 3. The number of rotatable bonds is 6. The first-order valence-electron chi connectivity index (χ1n) is 12.9.